The minimum absolute atomic E-state index is 0.324. The Kier molecular flexibility index (Phi) is 9.37. The highest BCUT2D eigenvalue weighted by atomic mass is 16.5. The van der Waals surface area contributed by atoms with Crippen LogP contribution in [-0.2, 0) is 4.74 Å². The Morgan fingerprint density at radius 2 is 1.87 bits per heavy atom. The zero-order chi connectivity index (χ0) is 22.1. The van der Waals surface area contributed by atoms with Crippen molar-refractivity contribution < 1.29 is 4.74 Å². The summed E-state index contributed by atoms with van der Waals surface area (Å²) in [5.74, 6) is 1.79. The fraction of sp³-hybridized carbons (Fsp3) is 0.640. The molecule has 0 aliphatic carbocycles. The summed E-state index contributed by atoms with van der Waals surface area (Å²) >= 11 is 0. The Morgan fingerprint density at radius 1 is 1.13 bits per heavy atom. The summed E-state index contributed by atoms with van der Waals surface area (Å²) in [5, 5.41) is 7.39. The molecule has 0 bridgehead atoms. The average Bonchev–Trinajstić information content (AvgIpc) is 3.35. The molecule has 2 N–H and O–H groups in total. The molecule has 0 saturated carbocycles. The average molecular weight is 428 g/mol. The third-order valence-corrected chi connectivity index (χ3v) is 6.61. The summed E-state index contributed by atoms with van der Waals surface area (Å²) in [4.78, 5) is 6.78. The zero-order valence-corrected chi connectivity index (χ0v) is 19.8. The number of nitrogens with one attached hydrogen (secondary N) is 2. The third-order valence-electron chi connectivity index (χ3n) is 6.61. The van der Waals surface area contributed by atoms with E-state index in [4.69, 9.17) is 4.74 Å². The summed E-state index contributed by atoms with van der Waals surface area (Å²) in [7, 11) is 0. The lowest BCUT2D eigenvalue weighted by atomic mass is 9.82. The molecule has 31 heavy (non-hydrogen) atoms. The van der Waals surface area contributed by atoms with Crippen LogP contribution in [0.2, 0.25) is 0 Å². The van der Waals surface area contributed by atoms with Gasteiger partial charge in [-0.1, -0.05) is 27.2 Å². The third kappa shape index (κ3) is 6.79. The van der Waals surface area contributed by atoms with Crippen LogP contribution in [0.15, 0.2) is 43.0 Å². The van der Waals surface area contributed by atoms with E-state index in [9.17, 15) is 0 Å². The lowest BCUT2D eigenvalue weighted by molar-refractivity contribution is 0.0805. The van der Waals surface area contributed by atoms with Crippen molar-refractivity contribution in [2.45, 2.75) is 46.7 Å². The first-order valence-electron chi connectivity index (χ1n) is 12.0. The Bertz CT molecular complexity index is 727. The Hall–Kier alpha value is -1.89. The van der Waals surface area contributed by atoms with Gasteiger partial charge in [0, 0.05) is 63.2 Å². The van der Waals surface area contributed by atoms with E-state index in [1.807, 2.05) is 23.3 Å². The van der Waals surface area contributed by atoms with Crippen LogP contribution in [0.1, 0.15) is 40.5 Å². The molecular formula is C25H41N5O. The SMILES string of the molecule is CCOCC(C)CC(CC)C(C)C(Nc1ccc(-n2ccnc2)cc1)N1CCNCC1. The van der Waals surface area contributed by atoms with E-state index in [2.05, 4.69) is 72.5 Å². The van der Waals surface area contributed by atoms with Crippen molar-refractivity contribution in [1.29, 1.82) is 0 Å². The van der Waals surface area contributed by atoms with Gasteiger partial charge in [-0.3, -0.25) is 4.90 Å². The van der Waals surface area contributed by atoms with Crippen molar-refractivity contribution in [1.82, 2.24) is 19.8 Å². The first kappa shape index (κ1) is 23.8. The van der Waals surface area contributed by atoms with Gasteiger partial charge in [0.2, 0.25) is 0 Å². The van der Waals surface area contributed by atoms with Crippen LogP contribution in [-0.4, -0.2) is 60.0 Å². The van der Waals surface area contributed by atoms with Gasteiger partial charge in [0.05, 0.1) is 12.5 Å². The molecular weight excluding hydrogens is 386 g/mol. The standard InChI is InChI=1S/C25H41N5O/c1-5-22(17-20(3)18-31-6-2)21(4)25(29-14-11-26-12-15-29)28-23-7-9-24(10-8-23)30-16-13-27-19-30/h7-10,13,16,19-22,25-26,28H,5-6,11-12,14-15,17-18H2,1-4H3. The number of benzene rings is 1. The number of hydrogen-bond donors (Lipinski definition) is 2. The Morgan fingerprint density at radius 3 is 2.48 bits per heavy atom. The fourth-order valence-electron chi connectivity index (χ4n) is 4.74. The molecule has 1 fully saturated rings. The normalized spacial score (nSPS) is 19.0. The second-order valence-corrected chi connectivity index (χ2v) is 8.92. The molecule has 6 nitrogen and oxygen atoms in total. The van der Waals surface area contributed by atoms with Gasteiger partial charge < -0.3 is 19.9 Å². The monoisotopic (exact) mass is 427 g/mol. The van der Waals surface area contributed by atoms with Gasteiger partial charge >= 0.3 is 0 Å². The molecule has 0 spiro atoms. The van der Waals surface area contributed by atoms with Crippen LogP contribution in [0.25, 0.3) is 5.69 Å². The first-order valence-corrected chi connectivity index (χ1v) is 12.0. The molecule has 1 saturated heterocycles. The number of rotatable bonds is 12. The van der Waals surface area contributed by atoms with Crippen LogP contribution in [0, 0.1) is 17.8 Å². The first-order chi connectivity index (χ1) is 15.1. The molecule has 1 aliphatic rings. The van der Waals surface area contributed by atoms with Crippen molar-refractivity contribution in [2.75, 3.05) is 44.7 Å². The number of ether oxygens (including phenoxy) is 1. The molecule has 0 radical (unpaired) electrons. The summed E-state index contributed by atoms with van der Waals surface area (Å²) < 4.78 is 7.73. The number of aromatic nitrogens is 2. The number of hydrogen-bond acceptors (Lipinski definition) is 5. The van der Waals surface area contributed by atoms with Gasteiger partial charge in [-0.05, 0) is 55.4 Å². The number of nitrogens with zero attached hydrogens (tertiary/aromatic N) is 3. The maximum Gasteiger partial charge on any atom is 0.0991 e. The largest absolute Gasteiger partial charge is 0.381 e. The van der Waals surface area contributed by atoms with Crippen molar-refractivity contribution in [2.24, 2.45) is 17.8 Å². The molecule has 0 amide bonds. The van der Waals surface area contributed by atoms with Crippen molar-refractivity contribution in [3.63, 3.8) is 0 Å². The van der Waals surface area contributed by atoms with Gasteiger partial charge in [-0.25, -0.2) is 4.98 Å². The molecule has 2 aromatic rings. The molecule has 2 heterocycles. The van der Waals surface area contributed by atoms with Gasteiger partial charge in [0.1, 0.15) is 0 Å². The summed E-state index contributed by atoms with van der Waals surface area (Å²) in [6.45, 7) is 15.1. The molecule has 6 heteroatoms. The van der Waals surface area contributed by atoms with E-state index in [1.54, 1.807) is 0 Å². The number of imidazole rings is 1. The Labute approximate surface area is 188 Å². The van der Waals surface area contributed by atoms with Gasteiger partial charge in [0.15, 0.2) is 0 Å². The fourth-order valence-corrected chi connectivity index (χ4v) is 4.74. The van der Waals surface area contributed by atoms with Crippen LogP contribution >= 0.6 is 0 Å². The van der Waals surface area contributed by atoms with Gasteiger partial charge in [0.25, 0.3) is 0 Å². The molecule has 1 aromatic carbocycles. The maximum atomic E-state index is 5.69. The predicted octanol–water partition coefficient (Wildman–Crippen LogP) is 4.24. The second-order valence-electron chi connectivity index (χ2n) is 8.92. The van der Waals surface area contributed by atoms with Crippen LogP contribution in [0.5, 0.6) is 0 Å². The van der Waals surface area contributed by atoms with E-state index >= 15 is 0 Å². The van der Waals surface area contributed by atoms with Gasteiger partial charge in [-0.2, -0.15) is 0 Å². The smallest absolute Gasteiger partial charge is 0.0991 e. The van der Waals surface area contributed by atoms with E-state index in [0.29, 0.717) is 23.9 Å². The minimum atomic E-state index is 0.324. The van der Waals surface area contributed by atoms with E-state index < -0.39 is 0 Å². The molecule has 1 aliphatic heterocycles. The van der Waals surface area contributed by atoms with E-state index in [0.717, 1.165) is 45.1 Å². The number of anilines is 1. The van der Waals surface area contributed by atoms with Crippen molar-refractivity contribution >= 4 is 5.69 Å². The van der Waals surface area contributed by atoms with E-state index in [1.165, 1.54) is 18.5 Å². The highest BCUT2D eigenvalue weighted by Gasteiger charge is 2.31. The quantitative estimate of drug-likeness (QED) is 0.531. The minimum Gasteiger partial charge on any atom is -0.381 e. The summed E-state index contributed by atoms with van der Waals surface area (Å²) in [6.07, 6.45) is 8.35. The van der Waals surface area contributed by atoms with Crippen LogP contribution in [0.4, 0.5) is 5.69 Å². The predicted molar refractivity (Wildman–Crippen MR) is 129 cm³/mol. The maximum absolute atomic E-state index is 5.69. The lowest BCUT2D eigenvalue weighted by Gasteiger charge is -2.42. The summed E-state index contributed by atoms with van der Waals surface area (Å²) in [6, 6.07) is 8.70. The molecule has 172 valence electrons. The van der Waals surface area contributed by atoms with Gasteiger partial charge in [-0.15, -0.1) is 0 Å². The van der Waals surface area contributed by atoms with Crippen molar-refractivity contribution in [3.8, 4) is 5.69 Å². The molecule has 4 unspecified atom stereocenters. The molecule has 1 aromatic heterocycles. The highest BCUT2D eigenvalue weighted by Crippen LogP contribution is 2.30. The summed E-state index contributed by atoms with van der Waals surface area (Å²) in [5.41, 5.74) is 2.31. The lowest BCUT2D eigenvalue weighted by Crippen LogP contribution is -2.54. The van der Waals surface area contributed by atoms with E-state index in [-0.39, 0.29) is 0 Å². The highest BCUT2D eigenvalue weighted by molar-refractivity contribution is 5.49. The van der Waals surface area contributed by atoms with Crippen LogP contribution < -0.4 is 10.6 Å². The molecule has 4 atom stereocenters. The number of piperazine rings is 1. The zero-order valence-electron chi connectivity index (χ0n) is 19.8. The topological polar surface area (TPSA) is 54.4 Å². The second kappa shape index (κ2) is 12.2. The van der Waals surface area contributed by atoms with Crippen molar-refractivity contribution in [3.05, 3.63) is 43.0 Å². The molecule has 3 rings (SSSR count). The van der Waals surface area contributed by atoms with Crippen LogP contribution in [0.3, 0.4) is 0 Å². The Balaban J connectivity index is 1.72.